The number of rotatable bonds is 5. The number of nitriles is 1. The van der Waals surface area contributed by atoms with E-state index in [1.165, 1.54) is 5.56 Å². The van der Waals surface area contributed by atoms with E-state index < -0.39 is 5.91 Å². The zero-order valence-electron chi connectivity index (χ0n) is 15.2. The fourth-order valence-corrected chi connectivity index (χ4v) is 3.33. The number of anilines is 1. The monoisotopic (exact) mass is 414 g/mol. The van der Waals surface area contributed by atoms with Crippen molar-refractivity contribution in [1.29, 1.82) is 5.26 Å². The van der Waals surface area contributed by atoms with E-state index in [0.29, 0.717) is 15.7 Å². The summed E-state index contributed by atoms with van der Waals surface area (Å²) in [7, 11) is 0. The van der Waals surface area contributed by atoms with Gasteiger partial charge in [0.25, 0.3) is 5.91 Å². The van der Waals surface area contributed by atoms with Gasteiger partial charge in [0, 0.05) is 43.9 Å². The number of carbonyl (C=O) groups excluding carboxylic acids is 1. The van der Waals surface area contributed by atoms with Crippen LogP contribution in [0.5, 0.6) is 0 Å². The summed E-state index contributed by atoms with van der Waals surface area (Å²) >= 11 is 12.0. The topological polar surface area (TPSA) is 59.4 Å². The predicted molar refractivity (Wildman–Crippen MR) is 112 cm³/mol. The van der Waals surface area contributed by atoms with E-state index in [0.717, 1.165) is 32.7 Å². The first-order valence-electron chi connectivity index (χ1n) is 8.94. The van der Waals surface area contributed by atoms with Crippen LogP contribution in [0.1, 0.15) is 5.56 Å². The first-order chi connectivity index (χ1) is 13.5. The van der Waals surface area contributed by atoms with Crippen LogP contribution in [0.2, 0.25) is 10.0 Å². The minimum Gasteiger partial charge on any atom is -0.374 e. The lowest BCUT2D eigenvalue weighted by atomic mass is 10.2. The third kappa shape index (κ3) is 5.49. The fourth-order valence-electron chi connectivity index (χ4n) is 3.00. The molecule has 7 heteroatoms. The van der Waals surface area contributed by atoms with E-state index in [4.69, 9.17) is 23.2 Å². The number of benzene rings is 2. The average molecular weight is 415 g/mol. The van der Waals surface area contributed by atoms with Crippen LogP contribution >= 0.6 is 23.2 Å². The summed E-state index contributed by atoms with van der Waals surface area (Å²) in [5, 5.41) is 12.9. The maximum atomic E-state index is 12.4. The molecule has 0 spiro atoms. The van der Waals surface area contributed by atoms with Gasteiger partial charge in [0.1, 0.15) is 11.6 Å². The van der Waals surface area contributed by atoms with Crippen LogP contribution in [0, 0.1) is 11.3 Å². The van der Waals surface area contributed by atoms with Crippen molar-refractivity contribution in [2.24, 2.45) is 0 Å². The Morgan fingerprint density at radius 1 is 1.11 bits per heavy atom. The molecule has 1 heterocycles. The molecule has 3 rings (SSSR count). The summed E-state index contributed by atoms with van der Waals surface area (Å²) in [5.41, 5.74) is 1.70. The van der Waals surface area contributed by atoms with Crippen molar-refractivity contribution in [3.05, 3.63) is 75.9 Å². The van der Waals surface area contributed by atoms with Gasteiger partial charge in [-0.3, -0.25) is 9.69 Å². The summed E-state index contributed by atoms with van der Waals surface area (Å²) in [5.74, 6) is -0.501. The molecule has 1 saturated heterocycles. The lowest BCUT2D eigenvalue weighted by molar-refractivity contribution is -0.112. The van der Waals surface area contributed by atoms with Crippen LogP contribution in [-0.2, 0) is 11.3 Å². The molecule has 5 nitrogen and oxygen atoms in total. The summed E-state index contributed by atoms with van der Waals surface area (Å²) in [4.78, 5) is 16.8. The highest BCUT2D eigenvalue weighted by Crippen LogP contribution is 2.25. The fraction of sp³-hybridized carbons (Fsp3) is 0.238. The van der Waals surface area contributed by atoms with Crippen molar-refractivity contribution >= 4 is 34.8 Å². The molecule has 0 radical (unpaired) electrons. The lowest BCUT2D eigenvalue weighted by Crippen LogP contribution is -2.43. The Bertz CT molecular complexity index is 900. The highest BCUT2D eigenvalue weighted by atomic mass is 35.5. The van der Waals surface area contributed by atoms with Crippen LogP contribution in [-0.4, -0.2) is 41.9 Å². The second kappa shape index (κ2) is 9.61. The van der Waals surface area contributed by atoms with Crippen molar-refractivity contribution in [2.75, 3.05) is 31.5 Å². The zero-order chi connectivity index (χ0) is 19.9. The van der Waals surface area contributed by atoms with Crippen LogP contribution in [0.25, 0.3) is 0 Å². The van der Waals surface area contributed by atoms with Crippen LogP contribution in [0.4, 0.5) is 5.69 Å². The second-order valence-electron chi connectivity index (χ2n) is 6.53. The van der Waals surface area contributed by atoms with E-state index >= 15 is 0 Å². The summed E-state index contributed by atoms with van der Waals surface area (Å²) in [6.45, 7) is 4.14. The van der Waals surface area contributed by atoms with Crippen molar-refractivity contribution in [1.82, 2.24) is 9.80 Å². The third-order valence-corrected chi connectivity index (χ3v) is 5.07. The van der Waals surface area contributed by atoms with E-state index in [1.807, 2.05) is 29.2 Å². The standard InChI is InChI=1S/C21H20Cl2N4O/c22-18-6-7-19(23)20(12-18)25-21(28)17(13-24)15-27-10-8-26(9-11-27)14-16-4-2-1-3-5-16/h1-7,12,15H,8-11,14H2,(H,25,28)/b17-15-. The summed E-state index contributed by atoms with van der Waals surface area (Å²) < 4.78 is 0. The maximum Gasteiger partial charge on any atom is 0.267 e. The molecule has 144 valence electrons. The molecule has 0 aromatic heterocycles. The van der Waals surface area contributed by atoms with Crippen molar-refractivity contribution in [3.8, 4) is 6.07 Å². The molecule has 1 fully saturated rings. The van der Waals surface area contributed by atoms with Gasteiger partial charge in [-0.05, 0) is 23.8 Å². The first-order valence-corrected chi connectivity index (χ1v) is 9.69. The molecule has 0 aliphatic carbocycles. The van der Waals surface area contributed by atoms with Crippen molar-refractivity contribution in [2.45, 2.75) is 6.54 Å². The number of halogens is 2. The smallest absolute Gasteiger partial charge is 0.267 e. The molecule has 0 atom stereocenters. The molecule has 0 saturated carbocycles. The van der Waals surface area contributed by atoms with Gasteiger partial charge < -0.3 is 10.2 Å². The Kier molecular flexibility index (Phi) is 6.94. The number of piperazine rings is 1. The number of hydrogen-bond donors (Lipinski definition) is 1. The van der Waals surface area contributed by atoms with Gasteiger partial charge >= 0.3 is 0 Å². The Hall–Kier alpha value is -2.52. The zero-order valence-corrected chi connectivity index (χ0v) is 16.7. The number of carbonyl (C=O) groups is 1. The Labute approximate surface area is 174 Å². The highest BCUT2D eigenvalue weighted by Gasteiger charge is 2.18. The van der Waals surface area contributed by atoms with Gasteiger partial charge in [0.2, 0.25) is 0 Å². The molecule has 1 aliphatic heterocycles. The largest absolute Gasteiger partial charge is 0.374 e. The van der Waals surface area contributed by atoms with E-state index in [9.17, 15) is 10.1 Å². The van der Waals surface area contributed by atoms with Gasteiger partial charge in [-0.2, -0.15) is 5.26 Å². The normalized spacial score (nSPS) is 15.2. The van der Waals surface area contributed by atoms with E-state index in [-0.39, 0.29) is 5.57 Å². The summed E-state index contributed by atoms with van der Waals surface area (Å²) in [6.07, 6.45) is 1.62. The van der Waals surface area contributed by atoms with Gasteiger partial charge in [-0.25, -0.2) is 0 Å². The van der Waals surface area contributed by atoms with Crippen LogP contribution in [0.3, 0.4) is 0 Å². The molecule has 28 heavy (non-hydrogen) atoms. The average Bonchev–Trinajstić information content (AvgIpc) is 2.71. The van der Waals surface area contributed by atoms with Gasteiger partial charge in [-0.15, -0.1) is 0 Å². The van der Waals surface area contributed by atoms with Gasteiger partial charge in [0.15, 0.2) is 0 Å². The van der Waals surface area contributed by atoms with Gasteiger partial charge in [-0.1, -0.05) is 53.5 Å². The van der Waals surface area contributed by atoms with Crippen molar-refractivity contribution < 1.29 is 4.79 Å². The number of hydrogen-bond acceptors (Lipinski definition) is 4. The Morgan fingerprint density at radius 2 is 1.82 bits per heavy atom. The molecule has 1 aliphatic rings. The number of amides is 1. The maximum absolute atomic E-state index is 12.4. The quantitative estimate of drug-likeness (QED) is 0.589. The highest BCUT2D eigenvalue weighted by molar-refractivity contribution is 6.35. The van der Waals surface area contributed by atoms with Crippen LogP contribution < -0.4 is 5.32 Å². The molecule has 2 aromatic rings. The lowest BCUT2D eigenvalue weighted by Gasteiger charge is -2.34. The van der Waals surface area contributed by atoms with Crippen molar-refractivity contribution in [3.63, 3.8) is 0 Å². The van der Waals surface area contributed by atoms with Gasteiger partial charge in [0.05, 0.1) is 10.7 Å². The number of nitrogens with one attached hydrogen (secondary N) is 1. The molecule has 0 bridgehead atoms. The minimum atomic E-state index is -0.501. The Balaban J connectivity index is 1.58. The Morgan fingerprint density at radius 3 is 2.50 bits per heavy atom. The predicted octanol–water partition coefficient (Wildman–Crippen LogP) is 4.16. The second-order valence-corrected chi connectivity index (χ2v) is 7.37. The third-order valence-electron chi connectivity index (χ3n) is 4.51. The first kappa shape index (κ1) is 20.2. The SMILES string of the molecule is N#C/C(=C/N1CCN(Cc2ccccc2)CC1)C(=O)Nc1cc(Cl)ccc1Cl. The van der Waals surface area contributed by atoms with Crippen LogP contribution in [0.15, 0.2) is 60.3 Å². The van der Waals surface area contributed by atoms with E-state index in [1.54, 1.807) is 24.4 Å². The molecular weight excluding hydrogens is 395 g/mol. The summed E-state index contributed by atoms with van der Waals surface area (Å²) in [6, 6.07) is 17.1. The molecule has 2 aromatic carbocycles. The molecule has 1 amide bonds. The van der Waals surface area contributed by atoms with E-state index in [2.05, 4.69) is 22.3 Å². The molecule has 1 N–H and O–H groups in total. The molecular formula is C21H20Cl2N4O. The molecule has 0 unspecified atom stereocenters. The number of nitrogens with zero attached hydrogens (tertiary/aromatic N) is 3. The minimum absolute atomic E-state index is 0.0348.